The van der Waals surface area contributed by atoms with Gasteiger partial charge in [0.25, 0.3) is 0 Å². The first kappa shape index (κ1) is 13.7. The van der Waals surface area contributed by atoms with E-state index in [0.29, 0.717) is 6.61 Å². The Bertz CT molecular complexity index is 363. The second kappa shape index (κ2) is 7.01. The highest BCUT2D eigenvalue weighted by atomic mass is 35.5. The molecule has 18 heavy (non-hydrogen) atoms. The van der Waals surface area contributed by atoms with Crippen molar-refractivity contribution in [2.24, 2.45) is 0 Å². The summed E-state index contributed by atoms with van der Waals surface area (Å²) < 4.78 is 5.64. The van der Waals surface area contributed by atoms with Crippen LogP contribution >= 0.6 is 11.6 Å². The van der Waals surface area contributed by atoms with Crippen LogP contribution in [0.2, 0.25) is 0 Å². The maximum Gasteiger partial charge on any atom is 0.124 e. The molecular weight excluding hydrogens is 246 g/mol. The van der Waals surface area contributed by atoms with Crippen molar-refractivity contribution in [1.29, 1.82) is 0 Å². The van der Waals surface area contributed by atoms with E-state index < -0.39 is 0 Å². The van der Waals surface area contributed by atoms with Crippen molar-refractivity contribution in [3.63, 3.8) is 0 Å². The van der Waals surface area contributed by atoms with Crippen molar-refractivity contribution < 1.29 is 4.74 Å². The Balaban J connectivity index is 2.00. The number of rotatable bonds is 5. The van der Waals surface area contributed by atoms with Gasteiger partial charge in [-0.15, -0.1) is 11.6 Å². The third-order valence-corrected chi connectivity index (χ3v) is 3.80. The Hall–Kier alpha value is -0.730. The number of ether oxygens (including phenoxy) is 1. The zero-order valence-corrected chi connectivity index (χ0v) is 11.8. The number of benzene rings is 1. The van der Waals surface area contributed by atoms with Gasteiger partial charge in [-0.05, 0) is 38.9 Å². The van der Waals surface area contributed by atoms with Crippen LogP contribution in [0.5, 0.6) is 5.75 Å². The van der Waals surface area contributed by atoms with Crippen LogP contribution < -0.4 is 4.74 Å². The molecule has 0 radical (unpaired) electrons. The van der Waals surface area contributed by atoms with E-state index in [9.17, 15) is 0 Å². The van der Waals surface area contributed by atoms with Gasteiger partial charge in [0.05, 0.1) is 12.0 Å². The summed E-state index contributed by atoms with van der Waals surface area (Å²) in [6.45, 7) is 5.97. The predicted octanol–water partition coefficient (Wildman–Crippen LogP) is 3.85. The number of halogens is 1. The first-order valence-electron chi connectivity index (χ1n) is 6.89. The van der Waals surface area contributed by atoms with Crippen molar-refractivity contribution in [3.8, 4) is 5.75 Å². The van der Waals surface area contributed by atoms with Gasteiger partial charge in [0, 0.05) is 12.1 Å². The average Bonchev–Trinajstić information content (AvgIpc) is 2.41. The fourth-order valence-corrected chi connectivity index (χ4v) is 2.87. The molecule has 0 amide bonds. The van der Waals surface area contributed by atoms with Gasteiger partial charge in [-0.25, -0.2) is 0 Å². The van der Waals surface area contributed by atoms with Crippen molar-refractivity contribution in [1.82, 2.24) is 4.90 Å². The highest BCUT2D eigenvalue weighted by Crippen LogP contribution is 2.30. The van der Waals surface area contributed by atoms with Crippen LogP contribution in [0.25, 0.3) is 0 Å². The molecule has 2 rings (SSSR count). The lowest BCUT2D eigenvalue weighted by molar-refractivity contribution is 0.227. The minimum Gasteiger partial charge on any atom is -0.494 e. The molecular formula is C15H22ClNO. The molecule has 1 unspecified atom stereocenters. The smallest absolute Gasteiger partial charge is 0.124 e. The van der Waals surface area contributed by atoms with Gasteiger partial charge in [-0.2, -0.15) is 0 Å². The molecule has 3 heteroatoms. The topological polar surface area (TPSA) is 12.5 Å². The van der Waals surface area contributed by atoms with E-state index in [1.807, 2.05) is 25.1 Å². The molecule has 100 valence electrons. The lowest BCUT2D eigenvalue weighted by atomic mass is 10.1. The first-order valence-corrected chi connectivity index (χ1v) is 7.33. The van der Waals surface area contributed by atoms with E-state index in [1.165, 1.54) is 32.4 Å². The molecule has 1 aliphatic rings. The number of para-hydroxylation sites is 1. The molecule has 0 bridgehead atoms. The van der Waals surface area contributed by atoms with Crippen LogP contribution in [0.15, 0.2) is 24.3 Å². The second-order valence-electron chi connectivity index (χ2n) is 4.80. The van der Waals surface area contributed by atoms with Gasteiger partial charge >= 0.3 is 0 Å². The summed E-state index contributed by atoms with van der Waals surface area (Å²) in [7, 11) is 0. The van der Waals surface area contributed by atoms with Gasteiger partial charge in [-0.3, -0.25) is 0 Å². The maximum atomic E-state index is 6.56. The normalized spacial score (nSPS) is 18.6. The standard InChI is InChI=1S/C15H22ClNO/c1-2-18-15-9-5-4-8-13(15)14(16)12-17-10-6-3-7-11-17/h4-5,8-9,14H,2-3,6-7,10-12H2,1H3. The highest BCUT2D eigenvalue weighted by molar-refractivity contribution is 6.21. The molecule has 1 aromatic rings. The Labute approximate surface area is 115 Å². The van der Waals surface area contributed by atoms with E-state index in [4.69, 9.17) is 16.3 Å². The summed E-state index contributed by atoms with van der Waals surface area (Å²) in [5, 5.41) is 0.0193. The SMILES string of the molecule is CCOc1ccccc1C(Cl)CN1CCCCC1. The maximum absolute atomic E-state index is 6.56. The molecule has 0 aromatic heterocycles. The molecule has 0 aliphatic carbocycles. The molecule has 1 fully saturated rings. The Morgan fingerprint density at radius 1 is 1.22 bits per heavy atom. The van der Waals surface area contributed by atoms with Gasteiger partial charge in [-0.1, -0.05) is 24.6 Å². The third-order valence-electron chi connectivity index (χ3n) is 3.42. The predicted molar refractivity (Wildman–Crippen MR) is 76.5 cm³/mol. The van der Waals surface area contributed by atoms with Crippen molar-refractivity contribution >= 4 is 11.6 Å². The van der Waals surface area contributed by atoms with Crippen LogP contribution in [-0.2, 0) is 0 Å². The quantitative estimate of drug-likeness (QED) is 0.752. The lowest BCUT2D eigenvalue weighted by Crippen LogP contribution is -2.32. The average molecular weight is 268 g/mol. The number of nitrogens with zero attached hydrogens (tertiary/aromatic N) is 1. The third kappa shape index (κ3) is 3.63. The fourth-order valence-electron chi connectivity index (χ4n) is 2.49. The summed E-state index contributed by atoms with van der Waals surface area (Å²) in [6, 6.07) is 8.11. The van der Waals surface area contributed by atoms with Gasteiger partial charge in [0.2, 0.25) is 0 Å². The first-order chi connectivity index (χ1) is 8.81. The molecule has 1 saturated heterocycles. The van der Waals surface area contributed by atoms with Crippen LogP contribution in [0.1, 0.15) is 37.1 Å². The molecule has 1 heterocycles. The van der Waals surface area contributed by atoms with E-state index >= 15 is 0 Å². The Morgan fingerprint density at radius 2 is 1.94 bits per heavy atom. The van der Waals surface area contributed by atoms with Crippen LogP contribution in [0, 0.1) is 0 Å². The van der Waals surface area contributed by atoms with Crippen molar-refractivity contribution in [3.05, 3.63) is 29.8 Å². The number of hydrogen-bond acceptors (Lipinski definition) is 2. The summed E-state index contributed by atoms with van der Waals surface area (Å²) in [5.74, 6) is 0.928. The monoisotopic (exact) mass is 267 g/mol. The molecule has 1 atom stereocenters. The van der Waals surface area contributed by atoms with Crippen LogP contribution in [0.3, 0.4) is 0 Å². The lowest BCUT2D eigenvalue weighted by Gasteiger charge is -2.28. The van der Waals surface area contributed by atoms with Crippen molar-refractivity contribution in [2.75, 3.05) is 26.2 Å². The molecule has 1 aliphatic heterocycles. The summed E-state index contributed by atoms with van der Waals surface area (Å²) in [6.07, 6.45) is 3.96. The van der Waals surface area contributed by atoms with E-state index in [1.54, 1.807) is 0 Å². The molecule has 0 spiro atoms. The number of likely N-dealkylation sites (tertiary alicyclic amines) is 1. The molecule has 0 saturated carbocycles. The fraction of sp³-hybridized carbons (Fsp3) is 0.600. The van der Waals surface area contributed by atoms with Gasteiger partial charge < -0.3 is 9.64 Å². The van der Waals surface area contributed by atoms with E-state index in [0.717, 1.165) is 17.9 Å². The Kier molecular flexibility index (Phi) is 5.33. The van der Waals surface area contributed by atoms with Gasteiger partial charge in [0.1, 0.15) is 5.75 Å². The van der Waals surface area contributed by atoms with Crippen LogP contribution in [0.4, 0.5) is 0 Å². The molecule has 1 aromatic carbocycles. The van der Waals surface area contributed by atoms with E-state index in [-0.39, 0.29) is 5.38 Å². The number of hydrogen-bond donors (Lipinski definition) is 0. The van der Waals surface area contributed by atoms with E-state index in [2.05, 4.69) is 11.0 Å². The van der Waals surface area contributed by atoms with Crippen molar-refractivity contribution in [2.45, 2.75) is 31.6 Å². The molecule has 2 nitrogen and oxygen atoms in total. The summed E-state index contributed by atoms with van der Waals surface area (Å²) in [5.41, 5.74) is 1.12. The molecule has 0 N–H and O–H groups in total. The van der Waals surface area contributed by atoms with Gasteiger partial charge in [0.15, 0.2) is 0 Å². The van der Waals surface area contributed by atoms with Crippen LogP contribution in [-0.4, -0.2) is 31.1 Å². The number of alkyl halides is 1. The second-order valence-corrected chi connectivity index (χ2v) is 5.33. The zero-order chi connectivity index (χ0) is 12.8. The minimum absolute atomic E-state index is 0.0193. The highest BCUT2D eigenvalue weighted by Gasteiger charge is 2.18. The Morgan fingerprint density at radius 3 is 2.67 bits per heavy atom. The summed E-state index contributed by atoms with van der Waals surface area (Å²) >= 11 is 6.56. The minimum atomic E-state index is 0.0193. The number of piperidine rings is 1. The largest absolute Gasteiger partial charge is 0.494 e. The summed E-state index contributed by atoms with van der Waals surface area (Å²) in [4.78, 5) is 2.46. The zero-order valence-electron chi connectivity index (χ0n) is 11.1.